The van der Waals surface area contributed by atoms with E-state index in [1.807, 2.05) is 0 Å². The van der Waals surface area contributed by atoms with Gasteiger partial charge in [-0.05, 0) is 20.3 Å². The van der Waals surface area contributed by atoms with Crippen molar-refractivity contribution in [3.05, 3.63) is 35.5 Å². The van der Waals surface area contributed by atoms with Crippen molar-refractivity contribution in [1.29, 1.82) is 0 Å². The molecule has 1 unspecified atom stereocenters. The molecule has 1 atom stereocenters. The minimum atomic E-state index is -0.719. The molecule has 6 heteroatoms. The smallest absolute Gasteiger partial charge is 0.254 e. The Morgan fingerprint density at radius 1 is 1.23 bits per heavy atom. The molecule has 0 aliphatic carbocycles. The second kappa shape index (κ2) is 8.07. The zero-order valence-electron chi connectivity index (χ0n) is 13.0. The summed E-state index contributed by atoms with van der Waals surface area (Å²) in [6.07, 6.45) is 7.45. The van der Waals surface area contributed by atoms with Crippen molar-refractivity contribution < 1.29 is 19.2 Å². The number of nitrogens with zero attached hydrogens (tertiary/aromatic N) is 1. The van der Waals surface area contributed by atoms with E-state index in [2.05, 4.69) is 5.32 Å². The molecule has 1 heterocycles. The number of allylic oxidation sites excluding steroid dienone is 4. The van der Waals surface area contributed by atoms with Gasteiger partial charge in [0.05, 0.1) is 0 Å². The number of carbonyl (C=O) groups excluding carboxylic acids is 4. The van der Waals surface area contributed by atoms with Crippen LogP contribution < -0.4 is 5.32 Å². The molecule has 0 radical (unpaired) electrons. The van der Waals surface area contributed by atoms with Gasteiger partial charge in [0.1, 0.15) is 6.04 Å². The summed E-state index contributed by atoms with van der Waals surface area (Å²) < 4.78 is 0. The van der Waals surface area contributed by atoms with Gasteiger partial charge in [0.2, 0.25) is 11.8 Å². The molecule has 6 nitrogen and oxygen atoms in total. The number of nitrogens with one attached hydrogen (secondary N) is 1. The first kappa shape index (κ1) is 17.6. The van der Waals surface area contributed by atoms with Gasteiger partial charge >= 0.3 is 0 Å². The number of hydrogen-bond donors (Lipinski definition) is 1. The molecule has 3 amide bonds. The number of imide groups is 1. The summed E-state index contributed by atoms with van der Waals surface area (Å²) in [7, 11) is 1.49. The highest BCUT2D eigenvalue weighted by Gasteiger charge is 2.33. The highest BCUT2D eigenvalue weighted by molar-refractivity contribution is 6.06. The molecular formula is C16H20N2O4. The van der Waals surface area contributed by atoms with Crippen molar-refractivity contribution in [1.82, 2.24) is 10.2 Å². The van der Waals surface area contributed by atoms with Crippen LogP contribution in [-0.2, 0) is 19.2 Å². The fourth-order valence-electron chi connectivity index (χ4n) is 2.21. The van der Waals surface area contributed by atoms with E-state index >= 15 is 0 Å². The summed E-state index contributed by atoms with van der Waals surface area (Å²) >= 11 is 0. The number of amides is 3. The Morgan fingerprint density at radius 2 is 1.86 bits per heavy atom. The van der Waals surface area contributed by atoms with Crippen molar-refractivity contribution in [3.8, 4) is 0 Å². The summed E-state index contributed by atoms with van der Waals surface area (Å²) in [6, 6.07) is -0.719. The monoisotopic (exact) mass is 304 g/mol. The molecule has 0 aromatic rings. The quantitative estimate of drug-likeness (QED) is 0.354. The molecule has 1 saturated heterocycles. The van der Waals surface area contributed by atoms with E-state index < -0.39 is 17.9 Å². The molecular weight excluding hydrogens is 284 g/mol. The summed E-state index contributed by atoms with van der Waals surface area (Å²) in [4.78, 5) is 48.1. The van der Waals surface area contributed by atoms with Crippen LogP contribution in [0.2, 0.25) is 0 Å². The Labute approximate surface area is 129 Å². The van der Waals surface area contributed by atoms with Crippen LogP contribution in [-0.4, -0.2) is 42.0 Å². The Hall–Kier alpha value is -2.50. The van der Waals surface area contributed by atoms with Crippen LogP contribution in [0, 0.1) is 0 Å². The highest BCUT2D eigenvalue weighted by Crippen LogP contribution is 2.16. The molecule has 1 rings (SSSR count). The van der Waals surface area contributed by atoms with Crippen LogP contribution in [0.15, 0.2) is 35.5 Å². The molecule has 0 saturated carbocycles. The lowest BCUT2D eigenvalue weighted by molar-refractivity contribution is -0.142. The third kappa shape index (κ3) is 4.00. The molecule has 1 aliphatic rings. The molecule has 0 aromatic carbocycles. The molecule has 1 N–H and O–H groups in total. The molecule has 0 spiro atoms. The van der Waals surface area contributed by atoms with Crippen LogP contribution in [0.4, 0.5) is 0 Å². The van der Waals surface area contributed by atoms with Gasteiger partial charge in [-0.1, -0.05) is 24.3 Å². The van der Waals surface area contributed by atoms with Gasteiger partial charge in [-0.2, -0.15) is 0 Å². The lowest BCUT2D eigenvalue weighted by atomic mass is 10.0. The van der Waals surface area contributed by atoms with Gasteiger partial charge in [-0.3, -0.25) is 24.5 Å². The van der Waals surface area contributed by atoms with Crippen molar-refractivity contribution in [2.75, 3.05) is 7.05 Å². The predicted molar refractivity (Wildman–Crippen MR) is 81.7 cm³/mol. The van der Waals surface area contributed by atoms with Gasteiger partial charge < -0.3 is 4.90 Å². The number of hydrogen-bond acceptors (Lipinski definition) is 4. The second-order valence-electron chi connectivity index (χ2n) is 4.87. The third-order valence-electron chi connectivity index (χ3n) is 3.35. The first-order chi connectivity index (χ1) is 10.5. The number of rotatable bonds is 5. The minimum Gasteiger partial charge on any atom is -0.330 e. The van der Waals surface area contributed by atoms with E-state index in [0.29, 0.717) is 6.29 Å². The van der Waals surface area contributed by atoms with Gasteiger partial charge in [0.15, 0.2) is 6.29 Å². The highest BCUT2D eigenvalue weighted by atomic mass is 16.2. The number of likely N-dealkylation sites (N-methyl/N-ethyl adjacent to an activating group) is 1. The summed E-state index contributed by atoms with van der Waals surface area (Å²) in [5, 5.41) is 2.22. The summed E-state index contributed by atoms with van der Waals surface area (Å²) in [6.45, 7) is 3.47. The van der Waals surface area contributed by atoms with Crippen LogP contribution in [0.5, 0.6) is 0 Å². The molecule has 22 heavy (non-hydrogen) atoms. The maximum Gasteiger partial charge on any atom is 0.254 e. The SMILES string of the molecule is C\C=C/C(C=O)=C(\C=C/C)C(=O)N(C)C1CCC(=O)NC1=O. The van der Waals surface area contributed by atoms with Crippen molar-refractivity contribution in [2.45, 2.75) is 32.7 Å². The van der Waals surface area contributed by atoms with Crippen LogP contribution >= 0.6 is 0 Å². The number of piperidine rings is 1. The van der Waals surface area contributed by atoms with Crippen LogP contribution in [0.1, 0.15) is 26.7 Å². The Kier molecular flexibility index (Phi) is 6.44. The molecule has 1 aliphatic heterocycles. The fraction of sp³-hybridized carbons (Fsp3) is 0.375. The van der Waals surface area contributed by atoms with E-state index in [-0.39, 0.29) is 29.9 Å². The number of carbonyl (C=O) groups is 4. The van der Waals surface area contributed by atoms with E-state index in [1.165, 1.54) is 18.0 Å². The normalized spacial score (nSPS) is 20.0. The number of aldehydes is 1. The molecule has 1 fully saturated rings. The van der Waals surface area contributed by atoms with E-state index in [4.69, 9.17) is 0 Å². The first-order valence-electron chi connectivity index (χ1n) is 7.01. The maximum absolute atomic E-state index is 12.6. The second-order valence-corrected chi connectivity index (χ2v) is 4.87. The molecule has 0 bridgehead atoms. The molecule has 118 valence electrons. The van der Waals surface area contributed by atoms with Crippen molar-refractivity contribution >= 4 is 24.0 Å². The van der Waals surface area contributed by atoms with Crippen molar-refractivity contribution in [3.63, 3.8) is 0 Å². The predicted octanol–water partition coefficient (Wildman–Crippen LogP) is 0.898. The lowest BCUT2D eigenvalue weighted by Gasteiger charge is -2.30. The maximum atomic E-state index is 12.6. The summed E-state index contributed by atoms with van der Waals surface area (Å²) in [5.41, 5.74) is 0.451. The Morgan fingerprint density at radius 3 is 2.36 bits per heavy atom. The van der Waals surface area contributed by atoms with Crippen LogP contribution in [0.3, 0.4) is 0 Å². The van der Waals surface area contributed by atoms with Gasteiger partial charge in [-0.15, -0.1) is 0 Å². The zero-order chi connectivity index (χ0) is 16.7. The van der Waals surface area contributed by atoms with Gasteiger partial charge in [0.25, 0.3) is 5.91 Å². The fourth-order valence-corrected chi connectivity index (χ4v) is 2.21. The van der Waals surface area contributed by atoms with Crippen molar-refractivity contribution in [2.24, 2.45) is 0 Å². The standard InChI is InChI=1S/C16H20N2O4/c1-4-6-11(10-19)12(7-5-2)16(22)18(3)13-8-9-14(20)17-15(13)21/h4-7,10,13H,8-9H2,1-3H3,(H,17,20,21)/b6-4-,7-5-,12-11-. The molecule has 0 aromatic heterocycles. The van der Waals surface area contributed by atoms with E-state index in [9.17, 15) is 19.2 Å². The Bertz CT molecular complexity index is 573. The summed E-state index contributed by atoms with van der Waals surface area (Å²) in [5.74, 6) is -1.27. The largest absolute Gasteiger partial charge is 0.330 e. The average Bonchev–Trinajstić information content (AvgIpc) is 2.49. The third-order valence-corrected chi connectivity index (χ3v) is 3.35. The topological polar surface area (TPSA) is 83.6 Å². The first-order valence-corrected chi connectivity index (χ1v) is 7.01. The zero-order valence-corrected chi connectivity index (χ0v) is 13.0. The lowest BCUT2D eigenvalue weighted by Crippen LogP contribution is -2.53. The van der Waals surface area contributed by atoms with Gasteiger partial charge in [0, 0.05) is 24.6 Å². The van der Waals surface area contributed by atoms with E-state index in [0.717, 1.165) is 0 Å². The van der Waals surface area contributed by atoms with E-state index in [1.54, 1.807) is 32.1 Å². The van der Waals surface area contributed by atoms with Crippen LogP contribution in [0.25, 0.3) is 0 Å². The van der Waals surface area contributed by atoms with Gasteiger partial charge in [-0.25, -0.2) is 0 Å². The minimum absolute atomic E-state index is 0.187. The average molecular weight is 304 g/mol. The Balaban J connectivity index is 3.11.